The summed E-state index contributed by atoms with van der Waals surface area (Å²) in [6.45, 7) is 0.492. The van der Waals surface area contributed by atoms with E-state index in [2.05, 4.69) is 9.98 Å². The molecular weight excluding hydrogens is 183 g/mol. The zero-order chi connectivity index (χ0) is 7.84. The number of hydrogen-bond acceptors (Lipinski definition) is 2. The Balaban J connectivity index is 2.88. The summed E-state index contributed by atoms with van der Waals surface area (Å²) in [6, 6.07) is 3.46. The molecule has 4 heteroatoms. The van der Waals surface area contributed by atoms with Gasteiger partial charge in [-0.05, 0) is 12.1 Å². The number of rotatable bonds is 0. The van der Waals surface area contributed by atoms with E-state index in [9.17, 15) is 0 Å². The number of benzene rings is 1. The third kappa shape index (κ3) is 1.12. The first-order valence-corrected chi connectivity index (χ1v) is 3.87. The van der Waals surface area contributed by atoms with Gasteiger partial charge in [0.2, 0.25) is 0 Å². The van der Waals surface area contributed by atoms with E-state index in [1.165, 1.54) is 0 Å². The average molecular weight is 187 g/mol. The molecule has 0 spiro atoms. The second-order valence-corrected chi connectivity index (χ2v) is 3.03. The van der Waals surface area contributed by atoms with E-state index in [4.69, 9.17) is 23.2 Å². The topological polar surface area (TPSA) is 24.7 Å². The molecule has 1 heterocycles. The van der Waals surface area contributed by atoms with E-state index in [1.807, 2.05) is 0 Å². The van der Waals surface area contributed by atoms with E-state index < -0.39 is 0 Å². The SMILES string of the molecule is Clc1cc2c(cc1Cl)=NCN=2. The molecule has 0 fully saturated rings. The van der Waals surface area contributed by atoms with Gasteiger partial charge in [-0.15, -0.1) is 0 Å². The molecule has 0 atom stereocenters. The second-order valence-electron chi connectivity index (χ2n) is 2.21. The van der Waals surface area contributed by atoms with Crippen molar-refractivity contribution in [1.82, 2.24) is 0 Å². The first-order valence-electron chi connectivity index (χ1n) is 3.11. The lowest BCUT2D eigenvalue weighted by molar-refractivity contribution is 1.06. The molecule has 0 N–H and O–H groups in total. The number of nitrogens with zero attached hydrogens (tertiary/aromatic N) is 2. The summed E-state index contributed by atoms with van der Waals surface area (Å²) >= 11 is 11.5. The average Bonchev–Trinajstić information content (AvgIpc) is 2.36. The highest BCUT2D eigenvalue weighted by molar-refractivity contribution is 6.41. The molecule has 1 aliphatic heterocycles. The van der Waals surface area contributed by atoms with Crippen LogP contribution in [0.2, 0.25) is 10.0 Å². The first-order chi connectivity index (χ1) is 5.27. The van der Waals surface area contributed by atoms with Crippen LogP contribution < -0.4 is 10.7 Å². The molecule has 56 valence electrons. The minimum absolute atomic E-state index is 0.492. The van der Waals surface area contributed by atoms with Crippen LogP contribution >= 0.6 is 23.2 Å². The van der Waals surface area contributed by atoms with E-state index in [0.29, 0.717) is 16.7 Å². The largest absolute Gasteiger partial charge is 0.260 e. The molecule has 1 aliphatic rings. The predicted molar refractivity (Wildman–Crippen MR) is 43.6 cm³/mol. The molecule has 0 unspecified atom stereocenters. The quantitative estimate of drug-likeness (QED) is 0.583. The van der Waals surface area contributed by atoms with Gasteiger partial charge in [0.25, 0.3) is 0 Å². The van der Waals surface area contributed by atoms with Gasteiger partial charge in [0.15, 0.2) is 0 Å². The fraction of sp³-hybridized carbons (Fsp3) is 0.143. The maximum atomic E-state index is 5.76. The lowest BCUT2D eigenvalue weighted by Gasteiger charge is -1.90. The van der Waals surface area contributed by atoms with Crippen molar-refractivity contribution >= 4 is 23.2 Å². The summed E-state index contributed by atoms with van der Waals surface area (Å²) in [7, 11) is 0. The van der Waals surface area contributed by atoms with Crippen LogP contribution in [0.25, 0.3) is 0 Å². The maximum absolute atomic E-state index is 5.76. The highest BCUT2D eigenvalue weighted by Crippen LogP contribution is 2.16. The van der Waals surface area contributed by atoms with Crippen LogP contribution in [-0.4, -0.2) is 6.67 Å². The Kier molecular flexibility index (Phi) is 1.59. The van der Waals surface area contributed by atoms with E-state index >= 15 is 0 Å². The van der Waals surface area contributed by atoms with Crippen LogP contribution in [0.4, 0.5) is 0 Å². The number of hydrogen-bond donors (Lipinski definition) is 0. The van der Waals surface area contributed by atoms with Crippen molar-refractivity contribution in [1.29, 1.82) is 0 Å². The van der Waals surface area contributed by atoms with Crippen LogP contribution in [-0.2, 0) is 0 Å². The third-order valence-electron chi connectivity index (χ3n) is 1.50. The molecule has 0 saturated heterocycles. The molecule has 11 heavy (non-hydrogen) atoms. The molecule has 0 radical (unpaired) electrons. The summed E-state index contributed by atoms with van der Waals surface area (Å²) in [5, 5.41) is 2.73. The smallest absolute Gasteiger partial charge is 0.130 e. The van der Waals surface area contributed by atoms with Gasteiger partial charge in [-0.3, -0.25) is 9.98 Å². The Labute approximate surface area is 73.2 Å². The Morgan fingerprint density at radius 3 is 1.91 bits per heavy atom. The summed E-state index contributed by atoms with van der Waals surface area (Å²) in [5.41, 5.74) is 0. The lowest BCUT2D eigenvalue weighted by Crippen LogP contribution is -2.20. The molecule has 0 aliphatic carbocycles. The van der Waals surface area contributed by atoms with Crippen molar-refractivity contribution in [3.05, 3.63) is 32.9 Å². The monoisotopic (exact) mass is 186 g/mol. The number of halogens is 2. The molecular formula is C7H4Cl2N2. The second kappa shape index (κ2) is 2.47. The van der Waals surface area contributed by atoms with Gasteiger partial charge < -0.3 is 0 Å². The van der Waals surface area contributed by atoms with E-state index in [-0.39, 0.29) is 0 Å². The molecule has 2 rings (SSSR count). The van der Waals surface area contributed by atoms with Gasteiger partial charge in [0.05, 0.1) is 20.8 Å². The van der Waals surface area contributed by atoms with E-state index in [0.717, 1.165) is 10.7 Å². The molecule has 0 bridgehead atoms. The van der Waals surface area contributed by atoms with Gasteiger partial charge in [-0.25, -0.2) is 0 Å². The first kappa shape index (κ1) is 7.07. The van der Waals surface area contributed by atoms with Gasteiger partial charge >= 0.3 is 0 Å². The summed E-state index contributed by atoms with van der Waals surface area (Å²) in [5.74, 6) is 0. The minimum atomic E-state index is 0.492. The van der Waals surface area contributed by atoms with Crippen molar-refractivity contribution in [2.45, 2.75) is 0 Å². The van der Waals surface area contributed by atoms with Gasteiger partial charge in [-0.2, -0.15) is 0 Å². The Bertz CT molecular complexity index is 372. The third-order valence-corrected chi connectivity index (χ3v) is 2.22. The highest BCUT2D eigenvalue weighted by Gasteiger charge is 2.01. The molecule has 0 aromatic heterocycles. The Morgan fingerprint density at radius 1 is 1.00 bits per heavy atom. The fourth-order valence-corrected chi connectivity index (χ4v) is 1.28. The number of fused-ring (bicyclic) bond motifs is 1. The molecule has 0 amide bonds. The van der Waals surface area contributed by atoms with Crippen molar-refractivity contribution in [2.24, 2.45) is 9.98 Å². The van der Waals surface area contributed by atoms with Crippen molar-refractivity contribution in [3.63, 3.8) is 0 Å². The van der Waals surface area contributed by atoms with Crippen molar-refractivity contribution in [2.75, 3.05) is 6.67 Å². The van der Waals surface area contributed by atoms with Gasteiger partial charge in [-0.1, -0.05) is 23.2 Å². The summed E-state index contributed by atoms with van der Waals surface area (Å²) in [6.07, 6.45) is 0. The normalized spacial score (nSPS) is 13.6. The van der Waals surface area contributed by atoms with E-state index in [1.54, 1.807) is 12.1 Å². The maximum Gasteiger partial charge on any atom is 0.130 e. The standard InChI is InChI=1S/C7H4Cl2N2/c8-4-1-6-7(2-5(4)9)11-3-10-6/h1-2H,3H2. The molecule has 1 aromatic rings. The summed E-state index contributed by atoms with van der Waals surface area (Å²) < 4.78 is 0. The molecule has 2 nitrogen and oxygen atoms in total. The molecule has 0 saturated carbocycles. The minimum Gasteiger partial charge on any atom is -0.260 e. The summed E-state index contributed by atoms with van der Waals surface area (Å²) in [4.78, 5) is 8.18. The van der Waals surface area contributed by atoms with Crippen LogP contribution in [0.1, 0.15) is 0 Å². The highest BCUT2D eigenvalue weighted by atomic mass is 35.5. The van der Waals surface area contributed by atoms with Crippen LogP contribution in [0.15, 0.2) is 22.1 Å². The van der Waals surface area contributed by atoms with Crippen LogP contribution in [0, 0.1) is 0 Å². The van der Waals surface area contributed by atoms with Crippen molar-refractivity contribution < 1.29 is 0 Å². The Morgan fingerprint density at radius 2 is 1.45 bits per heavy atom. The predicted octanol–water partition coefficient (Wildman–Crippen LogP) is 1.20. The zero-order valence-electron chi connectivity index (χ0n) is 5.51. The van der Waals surface area contributed by atoms with Crippen molar-refractivity contribution in [3.8, 4) is 0 Å². The fourth-order valence-electron chi connectivity index (χ4n) is 0.967. The van der Waals surface area contributed by atoms with Gasteiger partial charge in [0, 0.05) is 0 Å². The van der Waals surface area contributed by atoms with Gasteiger partial charge in [0.1, 0.15) is 6.67 Å². The molecule has 1 aromatic carbocycles. The zero-order valence-corrected chi connectivity index (χ0v) is 7.02. The van der Waals surface area contributed by atoms with Crippen LogP contribution in [0.3, 0.4) is 0 Å². The lowest BCUT2D eigenvalue weighted by atomic mass is 10.3. The Hall–Kier alpha value is -0.600. The van der Waals surface area contributed by atoms with Crippen LogP contribution in [0.5, 0.6) is 0 Å².